The van der Waals surface area contributed by atoms with Crippen LogP contribution in [-0.4, -0.2) is 0 Å². The van der Waals surface area contributed by atoms with Crippen molar-refractivity contribution in [3.8, 4) is 11.1 Å². The Kier molecular flexibility index (Phi) is 5.52. The lowest BCUT2D eigenvalue weighted by molar-refractivity contribution is 0.614. The zero-order valence-electron chi connectivity index (χ0n) is 17.8. The SMILES string of the molecule is c1ccc(-c2ccccc2N[N+](c2ccccc2)(c2ccccc2)c2ccccc2)cc1. The maximum atomic E-state index is 3.95. The molecule has 5 aromatic rings. The quantitative estimate of drug-likeness (QED) is 0.218. The van der Waals surface area contributed by atoms with Crippen molar-refractivity contribution >= 4 is 22.7 Å². The number of hydrogen-bond acceptors (Lipinski definition) is 1. The van der Waals surface area contributed by atoms with Crippen LogP contribution in [0, 0.1) is 0 Å². The summed E-state index contributed by atoms with van der Waals surface area (Å²) in [5.74, 6) is 0. The molecule has 2 heteroatoms. The van der Waals surface area contributed by atoms with Gasteiger partial charge in [0, 0.05) is 42.0 Å². The van der Waals surface area contributed by atoms with Crippen LogP contribution < -0.4 is 10.0 Å². The molecule has 0 amide bonds. The van der Waals surface area contributed by atoms with Gasteiger partial charge in [-0.2, -0.15) is 0 Å². The first-order valence-corrected chi connectivity index (χ1v) is 10.9. The molecule has 154 valence electrons. The van der Waals surface area contributed by atoms with Gasteiger partial charge in [-0.15, -0.1) is 4.59 Å². The Labute approximate surface area is 189 Å². The predicted molar refractivity (Wildman–Crippen MR) is 136 cm³/mol. The van der Waals surface area contributed by atoms with E-state index in [1.54, 1.807) is 0 Å². The molecule has 0 aliphatic carbocycles. The number of anilines is 1. The van der Waals surface area contributed by atoms with E-state index in [1.165, 1.54) is 11.1 Å². The minimum Gasteiger partial charge on any atom is -0.221 e. The van der Waals surface area contributed by atoms with E-state index in [-0.39, 0.29) is 0 Å². The maximum Gasteiger partial charge on any atom is 0.167 e. The molecule has 0 atom stereocenters. The highest BCUT2D eigenvalue weighted by atomic mass is 15.7. The molecule has 0 saturated carbocycles. The van der Waals surface area contributed by atoms with E-state index >= 15 is 0 Å². The van der Waals surface area contributed by atoms with E-state index in [2.05, 4.69) is 151 Å². The second-order valence-corrected chi connectivity index (χ2v) is 7.70. The van der Waals surface area contributed by atoms with Crippen LogP contribution in [0.15, 0.2) is 146 Å². The first-order valence-electron chi connectivity index (χ1n) is 10.9. The van der Waals surface area contributed by atoms with Crippen LogP contribution in [0.2, 0.25) is 0 Å². The van der Waals surface area contributed by atoms with Crippen molar-refractivity contribution in [3.05, 3.63) is 146 Å². The van der Waals surface area contributed by atoms with Gasteiger partial charge < -0.3 is 0 Å². The summed E-state index contributed by atoms with van der Waals surface area (Å²) in [7, 11) is 0. The largest absolute Gasteiger partial charge is 0.221 e. The van der Waals surface area contributed by atoms with Crippen LogP contribution in [0.1, 0.15) is 0 Å². The monoisotopic (exact) mass is 413 g/mol. The molecule has 0 unspecified atom stereocenters. The molecular weight excluding hydrogens is 388 g/mol. The normalized spacial score (nSPS) is 11.1. The predicted octanol–water partition coefficient (Wildman–Crippen LogP) is 8.35. The highest BCUT2D eigenvalue weighted by Crippen LogP contribution is 2.44. The molecule has 0 aliphatic heterocycles. The summed E-state index contributed by atoms with van der Waals surface area (Å²) in [6.07, 6.45) is 0. The summed E-state index contributed by atoms with van der Waals surface area (Å²) in [6, 6.07) is 50.9. The van der Waals surface area contributed by atoms with Crippen LogP contribution in [0.3, 0.4) is 0 Å². The van der Waals surface area contributed by atoms with Gasteiger partial charge in [0.05, 0.1) is 5.69 Å². The van der Waals surface area contributed by atoms with Gasteiger partial charge in [-0.25, -0.2) is 5.43 Å². The number of nitrogens with zero attached hydrogens (tertiary/aromatic N) is 1. The molecule has 0 fully saturated rings. The number of benzene rings is 5. The van der Waals surface area contributed by atoms with E-state index in [1.807, 2.05) is 0 Å². The molecule has 5 aromatic carbocycles. The van der Waals surface area contributed by atoms with Crippen molar-refractivity contribution in [1.29, 1.82) is 0 Å². The van der Waals surface area contributed by atoms with E-state index in [4.69, 9.17) is 0 Å². The standard InChI is InChI=1S/C30H25N2/c1-5-15-25(16-6-1)29-23-13-14-24-30(29)31-32(26-17-7-2-8-18-26,27-19-9-3-10-20-27)28-21-11-4-12-22-28/h1-24,31H/q+1. The maximum absolute atomic E-state index is 3.95. The topological polar surface area (TPSA) is 12.0 Å². The third-order valence-electron chi connectivity index (χ3n) is 5.73. The fraction of sp³-hybridized carbons (Fsp3) is 0. The van der Waals surface area contributed by atoms with E-state index in [9.17, 15) is 0 Å². The molecular formula is C30H25N2+. The summed E-state index contributed by atoms with van der Waals surface area (Å²) in [4.78, 5) is 0. The fourth-order valence-electron chi connectivity index (χ4n) is 4.23. The number of hydrogen-bond donors (Lipinski definition) is 1. The van der Waals surface area contributed by atoms with Gasteiger partial charge in [-0.3, -0.25) is 0 Å². The van der Waals surface area contributed by atoms with Gasteiger partial charge in [-0.1, -0.05) is 103 Å². The Morgan fingerprint density at radius 2 is 0.750 bits per heavy atom. The molecule has 32 heavy (non-hydrogen) atoms. The Morgan fingerprint density at radius 3 is 1.22 bits per heavy atom. The minimum absolute atomic E-state index is 0.367. The average Bonchev–Trinajstić information content (AvgIpc) is 2.89. The third-order valence-corrected chi connectivity index (χ3v) is 5.73. The lowest BCUT2D eigenvalue weighted by Gasteiger charge is -2.37. The van der Waals surface area contributed by atoms with Crippen molar-refractivity contribution in [3.63, 3.8) is 0 Å². The minimum atomic E-state index is 0.367. The number of para-hydroxylation sites is 4. The summed E-state index contributed by atoms with van der Waals surface area (Å²) < 4.78 is 0.367. The fourth-order valence-corrected chi connectivity index (χ4v) is 4.23. The molecule has 2 nitrogen and oxygen atoms in total. The summed E-state index contributed by atoms with van der Waals surface area (Å²) in [5, 5.41) is 0. The third kappa shape index (κ3) is 3.68. The molecule has 0 aromatic heterocycles. The van der Waals surface area contributed by atoms with Gasteiger partial charge in [0.1, 0.15) is 0 Å². The first kappa shape index (κ1) is 19.8. The molecule has 0 radical (unpaired) electrons. The second kappa shape index (κ2) is 8.93. The summed E-state index contributed by atoms with van der Waals surface area (Å²) in [6.45, 7) is 0. The Hall–Kier alpha value is -4.14. The Bertz CT molecular complexity index is 1170. The zero-order valence-corrected chi connectivity index (χ0v) is 17.8. The smallest absolute Gasteiger partial charge is 0.167 e. The molecule has 5 rings (SSSR count). The zero-order chi connectivity index (χ0) is 21.6. The molecule has 1 N–H and O–H groups in total. The molecule has 0 aliphatic rings. The molecule has 0 saturated heterocycles. The second-order valence-electron chi connectivity index (χ2n) is 7.70. The van der Waals surface area contributed by atoms with Crippen LogP contribution in [-0.2, 0) is 0 Å². The van der Waals surface area contributed by atoms with Crippen molar-refractivity contribution in [2.75, 3.05) is 5.43 Å². The van der Waals surface area contributed by atoms with Gasteiger partial charge >= 0.3 is 0 Å². The van der Waals surface area contributed by atoms with Crippen molar-refractivity contribution in [2.24, 2.45) is 0 Å². The number of quaternary nitrogens is 1. The first-order chi connectivity index (χ1) is 15.9. The van der Waals surface area contributed by atoms with Crippen molar-refractivity contribution < 1.29 is 0 Å². The van der Waals surface area contributed by atoms with E-state index in [0.29, 0.717) is 4.59 Å². The Balaban J connectivity index is 1.78. The summed E-state index contributed by atoms with van der Waals surface area (Å²) >= 11 is 0. The van der Waals surface area contributed by atoms with Crippen LogP contribution in [0.4, 0.5) is 22.7 Å². The number of rotatable bonds is 6. The van der Waals surface area contributed by atoms with Crippen LogP contribution in [0.5, 0.6) is 0 Å². The van der Waals surface area contributed by atoms with E-state index in [0.717, 1.165) is 22.7 Å². The molecule has 0 spiro atoms. The van der Waals surface area contributed by atoms with E-state index < -0.39 is 0 Å². The average molecular weight is 414 g/mol. The Morgan fingerprint density at radius 1 is 0.375 bits per heavy atom. The van der Waals surface area contributed by atoms with Crippen molar-refractivity contribution in [1.82, 2.24) is 4.59 Å². The van der Waals surface area contributed by atoms with Crippen molar-refractivity contribution in [2.45, 2.75) is 0 Å². The highest BCUT2D eigenvalue weighted by Gasteiger charge is 2.37. The van der Waals surface area contributed by atoms with Gasteiger partial charge in [-0.05, 0) is 11.6 Å². The number of nitrogens with one attached hydrogen (secondary N) is 1. The molecule has 0 heterocycles. The van der Waals surface area contributed by atoms with Gasteiger partial charge in [0.2, 0.25) is 0 Å². The lowest BCUT2D eigenvalue weighted by atomic mass is 10.0. The lowest BCUT2D eigenvalue weighted by Crippen LogP contribution is -2.44. The van der Waals surface area contributed by atoms with Crippen LogP contribution in [0.25, 0.3) is 11.1 Å². The van der Waals surface area contributed by atoms with Gasteiger partial charge in [0.15, 0.2) is 17.1 Å². The van der Waals surface area contributed by atoms with Crippen LogP contribution >= 0.6 is 0 Å². The molecule has 0 bridgehead atoms. The summed E-state index contributed by atoms with van der Waals surface area (Å²) in [5.41, 5.74) is 10.8. The van der Waals surface area contributed by atoms with Gasteiger partial charge in [0.25, 0.3) is 0 Å². The highest BCUT2D eigenvalue weighted by molar-refractivity contribution is 5.82.